The topological polar surface area (TPSA) is 380 Å². The Morgan fingerprint density at radius 2 is 0.941 bits per heavy atom. The molecule has 0 bridgehead atoms. The van der Waals surface area contributed by atoms with Crippen molar-refractivity contribution in [1.29, 1.82) is 0 Å². The van der Waals surface area contributed by atoms with Crippen molar-refractivity contribution >= 4 is 102 Å². The molecule has 11 N–H and O–H groups in total. The number of rotatable bonds is 12. The fourth-order valence-corrected chi connectivity index (χ4v) is 11.8. The number of amides is 1. The Morgan fingerprint density at radius 3 is 1.28 bits per heavy atom. The summed E-state index contributed by atoms with van der Waals surface area (Å²) in [5, 5.41) is 1.49. The Bertz CT molecular complexity index is 3750. The van der Waals surface area contributed by atoms with Gasteiger partial charge in [0.15, 0.2) is 58.6 Å². The molecule has 0 spiro atoms. The quantitative estimate of drug-likeness (QED) is 0.0675. The smallest absolute Gasteiger partial charge is 0.407 e. The molecular weight excluding hydrogens is 1280 g/mol. The van der Waals surface area contributed by atoms with E-state index in [2.05, 4.69) is 77.0 Å². The largest absolute Gasteiger partial charge is 0.444 e. The van der Waals surface area contributed by atoms with Crippen LogP contribution in [0.15, 0.2) is 128 Å². The van der Waals surface area contributed by atoms with Crippen molar-refractivity contribution in [2.24, 2.45) is 5.73 Å². The lowest BCUT2D eigenvalue weighted by Crippen LogP contribution is -2.40. The van der Waals surface area contributed by atoms with Crippen LogP contribution in [0.5, 0.6) is 0 Å². The Hall–Kier alpha value is -7.18. The zero-order valence-corrected chi connectivity index (χ0v) is 54.2. The molecule has 2 atom stereocenters. The third-order valence-electron chi connectivity index (χ3n) is 13.0. The minimum atomic E-state index is -3.34. The predicted octanol–water partition coefficient (Wildman–Crippen LogP) is 7.95. The number of aromatic nitrogens is 8. The van der Waals surface area contributed by atoms with Crippen molar-refractivity contribution in [1.82, 2.24) is 45.2 Å². The second-order valence-electron chi connectivity index (χ2n) is 21.6. The first kappa shape index (κ1) is 67.0. The Kier molecular flexibility index (Phi) is 22.3. The second-order valence-corrected chi connectivity index (χ2v) is 30.6. The molecule has 4 aromatic heterocycles. The standard InChI is InChI=1S/C22H31N5O4S.C17H23N5O2S.C13H14BrN3O2S.C4H4BrN3/c1-14(2)32(29,30)17-8-6-15(7-9-17)18-12-24-19(23)20(26-18)27-11-10-16(13-27)25-21(28)31-22(3,4)5;1-11(2)25(23,24)14-5-3-12(4-6-14)15-9-20-16(19)17(21-15)22-8-7-13(18)10-22;1-8(2)20(18,19)10-5-3-9(4-6-10)11-7-16-13(15)12(14)17-11;5-3-1-8-4(6)2-7-3/h6-9,12,14,16H,10-11,13H2,1-5H3,(H2,23,24)(H,25,28);3-6,9,11,13H,7-8,10,18H2,1-2H3,(H2,19,20);3-8H,1-2H3,(H2,15,16);1-2H,(H2,6,8). The maximum atomic E-state index is 12.3. The van der Waals surface area contributed by atoms with Gasteiger partial charge in [0.1, 0.15) is 20.6 Å². The lowest BCUT2D eigenvalue weighted by Gasteiger charge is -2.22. The highest BCUT2D eigenvalue weighted by Crippen LogP contribution is 2.31. The zero-order chi connectivity index (χ0) is 62.8. The summed E-state index contributed by atoms with van der Waals surface area (Å²) in [4.78, 5) is 50.6. The van der Waals surface area contributed by atoms with E-state index in [-0.39, 0.29) is 17.0 Å². The van der Waals surface area contributed by atoms with Crippen molar-refractivity contribution in [3.63, 3.8) is 0 Å². The lowest BCUT2D eigenvalue weighted by atomic mass is 10.1. The van der Waals surface area contributed by atoms with Gasteiger partial charge >= 0.3 is 6.09 Å². The van der Waals surface area contributed by atoms with Crippen LogP contribution in [-0.2, 0) is 34.2 Å². The molecule has 85 heavy (non-hydrogen) atoms. The highest BCUT2D eigenvalue weighted by Gasteiger charge is 2.30. The minimum absolute atomic E-state index is 0.0878. The molecule has 2 saturated heterocycles. The first-order chi connectivity index (χ1) is 39.8. The van der Waals surface area contributed by atoms with Gasteiger partial charge in [-0.25, -0.2) is 69.9 Å². The van der Waals surface area contributed by atoms with Gasteiger partial charge in [-0.1, -0.05) is 36.4 Å². The number of halogens is 2. The first-order valence-corrected chi connectivity index (χ1v) is 33.0. The lowest BCUT2D eigenvalue weighted by molar-refractivity contribution is 0.0508. The van der Waals surface area contributed by atoms with Crippen LogP contribution < -0.4 is 43.8 Å². The first-order valence-electron chi connectivity index (χ1n) is 26.8. The average molecular weight is 1350 g/mol. The van der Waals surface area contributed by atoms with Gasteiger partial charge in [0, 0.05) is 48.9 Å². The molecular formula is C56H72Br2N16O8S3. The van der Waals surface area contributed by atoms with Gasteiger partial charge < -0.3 is 48.5 Å². The maximum absolute atomic E-state index is 12.3. The summed E-state index contributed by atoms with van der Waals surface area (Å²) < 4.78 is 79.7. The molecule has 7 aromatic rings. The van der Waals surface area contributed by atoms with Gasteiger partial charge in [0.2, 0.25) is 0 Å². The van der Waals surface area contributed by atoms with Crippen molar-refractivity contribution in [3.8, 4) is 33.8 Å². The molecule has 9 rings (SSSR count). The molecule has 2 unspecified atom stereocenters. The molecule has 1 amide bonds. The average Bonchev–Trinajstić information content (AvgIpc) is 3.47. The number of carbonyl (C=O) groups is 1. The number of nitrogens with two attached hydrogens (primary N) is 5. The SMILES string of the molecule is CC(C)S(=O)(=O)c1ccc(-c2cnc(N)c(Br)n2)cc1.CC(C)S(=O)(=O)c1ccc(-c2cnc(N)c(N3CCC(N)C3)n2)cc1.CC(C)S(=O)(=O)c1ccc(-c2cnc(N)c(N3CCC(NC(=O)OC(C)(C)C)C3)n2)cc1.Nc1cnc(Br)cn1. The van der Waals surface area contributed by atoms with E-state index in [0.29, 0.717) is 90.6 Å². The number of ether oxygens (including phenoxy) is 1. The summed E-state index contributed by atoms with van der Waals surface area (Å²) in [5.41, 5.74) is 32.4. The molecule has 3 aromatic carbocycles. The van der Waals surface area contributed by atoms with E-state index >= 15 is 0 Å². The van der Waals surface area contributed by atoms with E-state index in [1.807, 2.05) is 30.6 Å². The summed E-state index contributed by atoms with van der Waals surface area (Å²) >= 11 is 6.33. The number of benzene rings is 3. The minimum Gasteiger partial charge on any atom is -0.444 e. The number of nitrogens with one attached hydrogen (secondary N) is 1. The molecule has 456 valence electrons. The summed E-state index contributed by atoms with van der Waals surface area (Å²) in [5.74, 6) is 2.59. The normalized spacial score (nSPS) is 15.3. The molecule has 0 saturated carbocycles. The Labute approximate surface area is 513 Å². The zero-order valence-electron chi connectivity index (χ0n) is 48.5. The van der Waals surface area contributed by atoms with Crippen LogP contribution >= 0.6 is 31.9 Å². The Balaban J connectivity index is 0.000000195. The third-order valence-corrected chi connectivity index (χ3v) is 20.5. The van der Waals surface area contributed by atoms with Crippen molar-refractivity contribution < 1.29 is 34.8 Å². The van der Waals surface area contributed by atoms with Gasteiger partial charge in [-0.15, -0.1) is 0 Å². The van der Waals surface area contributed by atoms with Gasteiger partial charge in [-0.05, 0) is 143 Å². The van der Waals surface area contributed by atoms with E-state index in [1.54, 1.807) is 139 Å². The Morgan fingerprint density at radius 1 is 0.553 bits per heavy atom. The van der Waals surface area contributed by atoms with Gasteiger partial charge in [0.05, 0.1) is 84.5 Å². The summed E-state index contributed by atoms with van der Waals surface area (Å²) in [6.07, 6.45) is 8.93. The summed E-state index contributed by atoms with van der Waals surface area (Å²) in [6, 6.07) is 19.9. The van der Waals surface area contributed by atoms with Crippen LogP contribution in [0.1, 0.15) is 75.2 Å². The van der Waals surface area contributed by atoms with Crippen molar-refractivity contribution in [2.45, 2.75) is 123 Å². The molecule has 24 nitrogen and oxygen atoms in total. The van der Waals surface area contributed by atoms with Crippen LogP contribution in [0.4, 0.5) is 39.7 Å². The fourth-order valence-electron chi connectivity index (χ4n) is 8.15. The van der Waals surface area contributed by atoms with Crippen molar-refractivity contribution in [2.75, 3.05) is 58.9 Å². The number of alkyl carbamates (subject to hydrolysis) is 1. The van der Waals surface area contributed by atoms with E-state index in [0.717, 1.165) is 36.1 Å². The summed E-state index contributed by atoms with van der Waals surface area (Å²) in [7, 11) is -9.88. The van der Waals surface area contributed by atoms with Crippen LogP contribution in [-0.4, -0.2) is 131 Å². The van der Waals surface area contributed by atoms with E-state index in [1.165, 1.54) is 6.20 Å². The molecule has 2 fully saturated rings. The predicted molar refractivity (Wildman–Crippen MR) is 339 cm³/mol. The fraction of sp³-hybridized carbons (Fsp3) is 0.375. The van der Waals surface area contributed by atoms with Crippen LogP contribution in [0, 0.1) is 0 Å². The number of hydrogen-bond donors (Lipinski definition) is 6. The van der Waals surface area contributed by atoms with E-state index in [4.69, 9.17) is 33.4 Å². The van der Waals surface area contributed by atoms with E-state index in [9.17, 15) is 30.0 Å². The van der Waals surface area contributed by atoms with Gasteiger partial charge in [-0.2, -0.15) is 0 Å². The van der Waals surface area contributed by atoms with Crippen LogP contribution in [0.25, 0.3) is 33.8 Å². The molecule has 2 aliphatic rings. The number of nitrogens with zero attached hydrogens (tertiary/aromatic N) is 10. The number of nitrogen functional groups attached to an aromatic ring is 4. The van der Waals surface area contributed by atoms with Crippen LogP contribution in [0.2, 0.25) is 0 Å². The monoisotopic (exact) mass is 1350 g/mol. The van der Waals surface area contributed by atoms with Crippen molar-refractivity contribution in [3.05, 3.63) is 113 Å². The molecule has 0 radical (unpaired) electrons. The number of anilines is 6. The molecule has 6 heterocycles. The molecule has 0 aliphatic carbocycles. The van der Waals surface area contributed by atoms with Gasteiger partial charge in [-0.3, -0.25) is 0 Å². The highest BCUT2D eigenvalue weighted by atomic mass is 79.9. The van der Waals surface area contributed by atoms with E-state index < -0.39 is 57.0 Å². The number of sulfone groups is 3. The summed E-state index contributed by atoms with van der Waals surface area (Å²) in [6.45, 7) is 18.1. The molecule has 2 aliphatic heterocycles. The third kappa shape index (κ3) is 17.9. The van der Waals surface area contributed by atoms with Gasteiger partial charge in [0.25, 0.3) is 0 Å². The number of carbonyl (C=O) groups excluding carboxylic acids is 1. The maximum Gasteiger partial charge on any atom is 0.407 e. The molecule has 29 heteroatoms. The second kappa shape index (κ2) is 28.3. The number of hydrogen-bond acceptors (Lipinski definition) is 23. The highest BCUT2D eigenvalue weighted by molar-refractivity contribution is 9.10. The van der Waals surface area contributed by atoms with Crippen LogP contribution in [0.3, 0.4) is 0 Å².